The number of hydrogen-bond donors (Lipinski definition) is 1. The van der Waals surface area contributed by atoms with Crippen LogP contribution in [0.1, 0.15) is 25.3 Å². The lowest BCUT2D eigenvalue weighted by molar-refractivity contribution is -0.130. The number of benzene rings is 2. The van der Waals surface area contributed by atoms with Gasteiger partial charge in [-0.15, -0.1) is 0 Å². The average molecular weight is 460 g/mol. The molecule has 0 aromatic heterocycles. The minimum atomic E-state index is -0.614. The van der Waals surface area contributed by atoms with Gasteiger partial charge in [-0.3, -0.25) is 14.5 Å². The fraction of sp³-hybridized carbons (Fsp3) is 0.348. The lowest BCUT2D eigenvalue weighted by atomic mass is 10.1. The molecule has 1 N–H and O–H groups in total. The van der Waals surface area contributed by atoms with Gasteiger partial charge in [0.2, 0.25) is 5.91 Å². The lowest BCUT2D eigenvalue weighted by Crippen LogP contribution is -2.39. The van der Waals surface area contributed by atoms with E-state index in [9.17, 15) is 9.59 Å². The number of anilines is 1. The maximum absolute atomic E-state index is 12.7. The monoisotopic (exact) mass is 459 g/mol. The van der Waals surface area contributed by atoms with Crippen molar-refractivity contribution >= 4 is 46.4 Å². The number of rotatable bonds is 9. The zero-order valence-corrected chi connectivity index (χ0v) is 19.2. The van der Waals surface area contributed by atoms with Crippen molar-refractivity contribution in [1.29, 1.82) is 0 Å². The van der Waals surface area contributed by atoms with Crippen molar-refractivity contribution in [2.45, 2.75) is 32.2 Å². The first-order valence-electron chi connectivity index (χ1n) is 10.2. The third-order valence-electron chi connectivity index (χ3n) is 5.07. The summed E-state index contributed by atoms with van der Waals surface area (Å²) in [5.41, 5.74) is 1.74. The molecule has 1 fully saturated rings. The van der Waals surface area contributed by atoms with Gasteiger partial charge in [0.1, 0.15) is 11.8 Å². The summed E-state index contributed by atoms with van der Waals surface area (Å²) in [4.78, 5) is 28.6. The van der Waals surface area contributed by atoms with Crippen LogP contribution in [0.2, 0.25) is 5.02 Å². The number of carbonyl (C=O) groups is 2. The van der Waals surface area contributed by atoms with Gasteiger partial charge in [-0.25, -0.2) is 0 Å². The Hall–Kier alpha value is -2.64. The van der Waals surface area contributed by atoms with Crippen molar-refractivity contribution in [3.05, 3.63) is 59.1 Å². The zero-order chi connectivity index (χ0) is 22.4. The molecule has 0 unspecified atom stereocenters. The summed E-state index contributed by atoms with van der Waals surface area (Å²) in [7, 11) is 1.65. The van der Waals surface area contributed by atoms with Crippen LogP contribution in [0.4, 0.5) is 5.69 Å². The van der Waals surface area contributed by atoms with Crippen LogP contribution in [0.25, 0.3) is 0 Å². The highest BCUT2D eigenvalue weighted by Crippen LogP contribution is 2.22. The third-order valence-corrected chi connectivity index (χ3v) is 5.83. The van der Waals surface area contributed by atoms with Gasteiger partial charge in [-0.05, 0) is 67.0 Å². The molecule has 6 nitrogen and oxygen atoms in total. The van der Waals surface area contributed by atoms with Crippen molar-refractivity contribution in [3.63, 3.8) is 0 Å². The molecule has 2 aromatic rings. The summed E-state index contributed by atoms with van der Waals surface area (Å²) in [5.74, 6) is 0.348. The van der Waals surface area contributed by atoms with Gasteiger partial charge in [0, 0.05) is 24.3 Å². The number of carbonyl (C=O) groups excluding carboxylic acids is 2. The van der Waals surface area contributed by atoms with E-state index in [1.807, 2.05) is 48.2 Å². The van der Waals surface area contributed by atoms with Gasteiger partial charge < -0.3 is 15.0 Å². The molecule has 0 aliphatic carbocycles. The van der Waals surface area contributed by atoms with Crippen molar-refractivity contribution in [3.8, 4) is 5.75 Å². The van der Waals surface area contributed by atoms with E-state index in [2.05, 4.69) is 5.32 Å². The van der Waals surface area contributed by atoms with Gasteiger partial charge in [0.25, 0.3) is 5.91 Å². The Balaban J connectivity index is 1.61. The van der Waals surface area contributed by atoms with E-state index >= 15 is 0 Å². The molecule has 8 heteroatoms. The van der Waals surface area contributed by atoms with Gasteiger partial charge >= 0.3 is 0 Å². The number of amides is 2. The highest BCUT2D eigenvalue weighted by molar-refractivity contribution is 7.80. The molecule has 0 saturated carbocycles. The van der Waals surface area contributed by atoms with E-state index in [4.69, 9.17) is 28.6 Å². The molecule has 1 saturated heterocycles. The zero-order valence-electron chi connectivity index (χ0n) is 17.6. The first-order valence-corrected chi connectivity index (χ1v) is 11.0. The molecule has 3 rings (SSSR count). The number of hydrogen-bond acceptors (Lipinski definition) is 4. The molecule has 1 aliphatic heterocycles. The number of halogens is 1. The molecule has 0 bridgehead atoms. The summed E-state index contributed by atoms with van der Waals surface area (Å²) in [6.45, 7) is 3.23. The van der Waals surface area contributed by atoms with Crippen LogP contribution in [0, 0.1) is 0 Å². The fourth-order valence-corrected chi connectivity index (χ4v) is 3.80. The number of thiocarbonyl (C=S) groups is 1. The quantitative estimate of drug-likeness (QED) is 0.571. The Labute approximate surface area is 193 Å². The highest BCUT2D eigenvalue weighted by Gasteiger charge is 2.41. The molecule has 1 aliphatic rings. The Morgan fingerprint density at radius 1 is 1.16 bits per heavy atom. The minimum Gasteiger partial charge on any atom is -0.494 e. The summed E-state index contributed by atoms with van der Waals surface area (Å²) in [5, 5.41) is 3.97. The number of nitrogens with one attached hydrogen (secondary N) is 1. The van der Waals surface area contributed by atoms with Crippen molar-refractivity contribution in [1.82, 2.24) is 9.80 Å². The Morgan fingerprint density at radius 3 is 2.48 bits per heavy atom. The van der Waals surface area contributed by atoms with Crippen LogP contribution in [0.5, 0.6) is 5.75 Å². The Kier molecular flexibility index (Phi) is 7.87. The Bertz CT molecular complexity index is 934. The van der Waals surface area contributed by atoms with Gasteiger partial charge in [-0.1, -0.05) is 30.7 Å². The van der Waals surface area contributed by atoms with E-state index in [1.54, 1.807) is 19.2 Å². The summed E-state index contributed by atoms with van der Waals surface area (Å²) in [6.07, 6.45) is 1.65. The predicted octanol–water partition coefficient (Wildman–Crippen LogP) is 4.13. The topological polar surface area (TPSA) is 61.9 Å². The number of ether oxygens (including phenoxy) is 1. The molecule has 2 aromatic carbocycles. The van der Waals surface area contributed by atoms with Crippen molar-refractivity contribution in [2.24, 2.45) is 0 Å². The van der Waals surface area contributed by atoms with Crippen molar-refractivity contribution in [2.75, 3.05) is 25.5 Å². The van der Waals surface area contributed by atoms with E-state index in [1.165, 1.54) is 4.90 Å². The summed E-state index contributed by atoms with van der Waals surface area (Å²) >= 11 is 11.4. The standard InChI is InChI=1S/C23H26ClN3O3S/c1-3-14-30-19-10-8-18(9-11-19)25-21(28)15-20-22(29)26(2)23(31)27(20)13-12-16-4-6-17(24)7-5-16/h4-11,20H,3,12-15H2,1-2H3,(H,25,28)/t20-/m0/s1. The van der Waals surface area contributed by atoms with E-state index < -0.39 is 6.04 Å². The SMILES string of the molecule is CCCOc1ccc(NC(=O)C[C@H]2C(=O)N(C)C(=S)N2CCc2ccc(Cl)cc2)cc1. The van der Waals surface area contributed by atoms with Crippen LogP contribution in [0.15, 0.2) is 48.5 Å². The van der Waals surface area contributed by atoms with Crippen LogP contribution in [-0.4, -0.2) is 53.0 Å². The predicted molar refractivity (Wildman–Crippen MR) is 126 cm³/mol. The second-order valence-corrected chi connectivity index (χ2v) is 8.19. The van der Waals surface area contributed by atoms with Crippen LogP contribution in [0.3, 0.4) is 0 Å². The van der Waals surface area contributed by atoms with Crippen LogP contribution in [-0.2, 0) is 16.0 Å². The molecule has 0 spiro atoms. The van der Waals surface area contributed by atoms with E-state index in [0.29, 0.717) is 35.4 Å². The molecule has 2 amide bonds. The first-order chi connectivity index (χ1) is 14.9. The molecule has 0 radical (unpaired) electrons. The third kappa shape index (κ3) is 5.95. The molecule has 164 valence electrons. The van der Waals surface area contributed by atoms with Crippen molar-refractivity contribution < 1.29 is 14.3 Å². The smallest absolute Gasteiger partial charge is 0.251 e. The first kappa shape index (κ1) is 23.0. The largest absolute Gasteiger partial charge is 0.494 e. The Morgan fingerprint density at radius 2 is 1.84 bits per heavy atom. The van der Waals surface area contributed by atoms with E-state index in [-0.39, 0.29) is 18.2 Å². The molecule has 1 heterocycles. The van der Waals surface area contributed by atoms with Crippen LogP contribution >= 0.6 is 23.8 Å². The fourth-order valence-electron chi connectivity index (χ4n) is 3.37. The summed E-state index contributed by atoms with van der Waals surface area (Å²) in [6, 6.07) is 14.1. The van der Waals surface area contributed by atoms with Gasteiger partial charge in [0.15, 0.2) is 5.11 Å². The maximum atomic E-state index is 12.7. The number of nitrogens with zero attached hydrogens (tertiary/aromatic N) is 2. The molecular weight excluding hydrogens is 434 g/mol. The molecule has 1 atom stereocenters. The average Bonchev–Trinajstić information content (AvgIpc) is 2.96. The highest BCUT2D eigenvalue weighted by atomic mass is 35.5. The normalized spacial score (nSPS) is 16.0. The second-order valence-electron chi connectivity index (χ2n) is 7.39. The lowest BCUT2D eigenvalue weighted by Gasteiger charge is -2.23. The van der Waals surface area contributed by atoms with Gasteiger partial charge in [-0.2, -0.15) is 0 Å². The van der Waals surface area contributed by atoms with Gasteiger partial charge in [0.05, 0.1) is 13.0 Å². The second kappa shape index (κ2) is 10.6. The van der Waals surface area contributed by atoms with E-state index in [0.717, 1.165) is 17.7 Å². The summed E-state index contributed by atoms with van der Waals surface area (Å²) < 4.78 is 5.55. The van der Waals surface area contributed by atoms with Crippen LogP contribution < -0.4 is 10.1 Å². The minimum absolute atomic E-state index is 0.0258. The molecule has 31 heavy (non-hydrogen) atoms. The molecular formula is C23H26ClN3O3S. The number of likely N-dealkylation sites (N-methyl/N-ethyl adjacent to an activating group) is 1. The maximum Gasteiger partial charge on any atom is 0.251 e.